The first kappa shape index (κ1) is 13.5. The van der Waals surface area contributed by atoms with E-state index < -0.39 is 0 Å². The van der Waals surface area contributed by atoms with Gasteiger partial charge in [0.25, 0.3) is 0 Å². The van der Waals surface area contributed by atoms with E-state index in [1.807, 2.05) is 30.0 Å². The summed E-state index contributed by atoms with van der Waals surface area (Å²) in [6.45, 7) is 0.695. The molecular weight excluding hydrogens is 262 g/mol. The second-order valence-corrected chi connectivity index (χ2v) is 5.76. The monoisotopic (exact) mass is 277 g/mol. The van der Waals surface area contributed by atoms with E-state index in [1.54, 1.807) is 0 Å². The van der Waals surface area contributed by atoms with Gasteiger partial charge in [-0.2, -0.15) is 0 Å². The van der Waals surface area contributed by atoms with Crippen molar-refractivity contribution in [2.75, 3.05) is 6.54 Å². The molecule has 1 nitrogen and oxygen atoms in total. The molecule has 0 heterocycles. The van der Waals surface area contributed by atoms with Crippen LogP contribution in [-0.2, 0) is 0 Å². The molecule has 0 bridgehead atoms. The van der Waals surface area contributed by atoms with Crippen LogP contribution in [0.4, 0.5) is 0 Å². The van der Waals surface area contributed by atoms with Crippen LogP contribution < -0.4 is 5.73 Å². The molecule has 0 spiro atoms. The van der Waals surface area contributed by atoms with Gasteiger partial charge in [0.1, 0.15) is 0 Å². The van der Waals surface area contributed by atoms with E-state index in [0.29, 0.717) is 11.8 Å². The van der Waals surface area contributed by atoms with Crippen molar-refractivity contribution in [1.82, 2.24) is 0 Å². The quantitative estimate of drug-likeness (QED) is 0.813. The van der Waals surface area contributed by atoms with Crippen molar-refractivity contribution in [2.24, 2.45) is 5.73 Å². The van der Waals surface area contributed by atoms with E-state index in [0.717, 1.165) is 11.4 Å². The van der Waals surface area contributed by atoms with E-state index >= 15 is 0 Å². The lowest BCUT2D eigenvalue weighted by Gasteiger charge is -2.16. The molecule has 18 heavy (non-hydrogen) atoms. The molecule has 2 aromatic rings. The first-order valence-corrected chi connectivity index (χ1v) is 7.22. The van der Waals surface area contributed by atoms with Gasteiger partial charge in [0, 0.05) is 15.2 Å². The normalized spacial score (nSPS) is 12.3. The first-order valence-electron chi connectivity index (χ1n) is 5.97. The zero-order valence-corrected chi connectivity index (χ0v) is 11.6. The molecule has 0 aromatic heterocycles. The Kier molecular flexibility index (Phi) is 5.12. The minimum atomic E-state index is 0.400. The van der Waals surface area contributed by atoms with Crippen LogP contribution in [0.3, 0.4) is 0 Å². The predicted octanol–water partition coefficient (Wildman–Crippen LogP) is 4.52. The van der Waals surface area contributed by atoms with Crippen molar-refractivity contribution in [3.63, 3.8) is 0 Å². The number of hydrogen-bond acceptors (Lipinski definition) is 2. The minimum Gasteiger partial charge on any atom is -0.330 e. The fourth-order valence-corrected chi connectivity index (χ4v) is 3.09. The molecule has 1 atom stereocenters. The second kappa shape index (κ2) is 6.83. The Morgan fingerprint density at radius 1 is 1.00 bits per heavy atom. The van der Waals surface area contributed by atoms with E-state index in [2.05, 4.69) is 36.4 Å². The van der Waals surface area contributed by atoms with Gasteiger partial charge in [0.2, 0.25) is 0 Å². The first-order chi connectivity index (χ1) is 8.79. The van der Waals surface area contributed by atoms with Gasteiger partial charge in [0.05, 0.1) is 0 Å². The summed E-state index contributed by atoms with van der Waals surface area (Å²) in [6, 6.07) is 18.5. The second-order valence-electron chi connectivity index (χ2n) is 4.05. The van der Waals surface area contributed by atoms with Gasteiger partial charge < -0.3 is 5.73 Å². The average Bonchev–Trinajstić information content (AvgIpc) is 2.42. The highest BCUT2D eigenvalue weighted by molar-refractivity contribution is 7.99. The molecule has 3 heteroatoms. The molecular formula is C15H16ClNS. The fraction of sp³-hybridized carbons (Fsp3) is 0.200. The smallest absolute Gasteiger partial charge is 0.0406 e. The summed E-state index contributed by atoms with van der Waals surface area (Å²) in [7, 11) is 0. The van der Waals surface area contributed by atoms with Crippen molar-refractivity contribution < 1.29 is 0 Å². The Labute approximate surface area is 117 Å². The van der Waals surface area contributed by atoms with Crippen molar-refractivity contribution in [3.05, 3.63) is 65.2 Å². The molecule has 94 valence electrons. The number of thioether (sulfide) groups is 1. The third-order valence-corrected chi connectivity index (χ3v) is 4.28. The van der Waals surface area contributed by atoms with Crippen LogP contribution in [-0.4, -0.2) is 6.54 Å². The largest absolute Gasteiger partial charge is 0.330 e. The van der Waals surface area contributed by atoms with Gasteiger partial charge in [-0.25, -0.2) is 0 Å². The summed E-state index contributed by atoms with van der Waals surface area (Å²) in [5.41, 5.74) is 7.03. The number of hydrogen-bond donors (Lipinski definition) is 1. The Balaban J connectivity index is 2.14. The van der Waals surface area contributed by atoms with Crippen LogP contribution >= 0.6 is 23.4 Å². The molecule has 0 aliphatic carbocycles. The van der Waals surface area contributed by atoms with Crippen LogP contribution in [0.2, 0.25) is 5.02 Å². The summed E-state index contributed by atoms with van der Waals surface area (Å²) in [5, 5.41) is 1.17. The molecule has 1 unspecified atom stereocenters. The number of nitrogens with two attached hydrogens (primary N) is 1. The van der Waals surface area contributed by atoms with Gasteiger partial charge >= 0.3 is 0 Å². The van der Waals surface area contributed by atoms with Crippen LogP contribution in [0.5, 0.6) is 0 Å². The molecule has 2 rings (SSSR count). The average molecular weight is 278 g/mol. The van der Waals surface area contributed by atoms with E-state index in [1.165, 1.54) is 10.5 Å². The molecule has 2 N–H and O–H groups in total. The van der Waals surface area contributed by atoms with Crippen LogP contribution in [0, 0.1) is 0 Å². The maximum Gasteiger partial charge on any atom is 0.0406 e. The van der Waals surface area contributed by atoms with Gasteiger partial charge in [-0.15, -0.1) is 11.8 Å². The Hall–Kier alpha value is -0.960. The van der Waals surface area contributed by atoms with Crippen molar-refractivity contribution in [2.45, 2.75) is 16.6 Å². The highest BCUT2D eigenvalue weighted by atomic mass is 35.5. The summed E-state index contributed by atoms with van der Waals surface area (Å²) >= 11 is 7.73. The van der Waals surface area contributed by atoms with E-state index in [9.17, 15) is 0 Å². The fourth-order valence-electron chi connectivity index (χ4n) is 1.79. The number of rotatable bonds is 5. The third kappa shape index (κ3) is 3.77. The highest BCUT2D eigenvalue weighted by Crippen LogP contribution is 2.37. The van der Waals surface area contributed by atoms with Gasteiger partial charge in [-0.3, -0.25) is 0 Å². The molecule has 2 aromatic carbocycles. The number of halogens is 1. The van der Waals surface area contributed by atoms with Crippen LogP contribution in [0.1, 0.15) is 17.2 Å². The van der Waals surface area contributed by atoms with Crippen molar-refractivity contribution in [3.8, 4) is 0 Å². The SMILES string of the molecule is NCCC(Sc1ccc(Cl)cc1)c1ccccc1. The third-order valence-electron chi connectivity index (χ3n) is 2.69. The maximum atomic E-state index is 5.90. The molecule has 0 radical (unpaired) electrons. The maximum absolute atomic E-state index is 5.90. The van der Waals surface area contributed by atoms with Gasteiger partial charge in [-0.05, 0) is 42.8 Å². The van der Waals surface area contributed by atoms with Crippen molar-refractivity contribution >= 4 is 23.4 Å². The molecule has 0 aliphatic heterocycles. The zero-order valence-electron chi connectivity index (χ0n) is 10.1. The predicted molar refractivity (Wildman–Crippen MR) is 80.2 cm³/mol. The molecule has 0 aliphatic rings. The lowest BCUT2D eigenvalue weighted by atomic mass is 10.1. The molecule has 0 saturated heterocycles. The van der Waals surface area contributed by atoms with Gasteiger partial charge in [-0.1, -0.05) is 41.9 Å². The standard InChI is InChI=1S/C15H16ClNS/c16-13-6-8-14(9-7-13)18-15(10-11-17)12-4-2-1-3-5-12/h1-9,15H,10-11,17H2. The summed E-state index contributed by atoms with van der Waals surface area (Å²) in [6.07, 6.45) is 0.970. The highest BCUT2D eigenvalue weighted by Gasteiger charge is 2.11. The Bertz CT molecular complexity index is 470. The molecule has 0 amide bonds. The Morgan fingerprint density at radius 3 is 2.28 bits per heavy atom. The van der Waals surface area contributed by atoms with Gasteiger partial charge in [0.15, 0.2) is 0 Å². The zero-order chi connectivity index (χ0) is 12.8. The minimum absolute atomic E-state index is 0.400. The molecule has 0 fully saturated rings. The summed E-state index contributed by atoms with van der Waals surface area (Å²) in [5.74, 6) is 0. The lowest BCUT2D eigenvalue weighted by molar-refractivity contribution is 0.814. The van der Waals surface area contributed by atoms with Crippen LogP contribution in [0.15, 0.2) is 59.5 Å². The van der Waals surface area contributed by atoms with E-state index in [-0.39, 0.29) is 0 Å². The van der Waals surface area contributed by atoms with E-state index in [4.69, 9.17) is 17.3 Å². The Morgan fingerprint density at radius 2 is 1.67 bits per heavy atom. The topological polar surface area (TPSA) is 26.0 Å². The summed E-state index contributed by atoms with van der Waals surface area (Å²) in [4.78, 5) is 1.22. The molecule has 0 saturated carbocycles. The number of benzene rings is 2. The summed E-state index contributed by atoms with van der Waals surface area (Å²) < 4.78 is 0. The van der Waals surface area contributed by atoms with Crippen LogP contribution in [0.25, 0.3) is 0 Å². The lowest BCUT2D eigenvalue weighted by Crippen LogP contribution is -2.04. The van der Waals surface area contributed by atoms with Crippen molar-refractivity contribution in [1.29, 1.82) is 0 Å².